The molecule has 0 fully saturated rings. The Morgan fingerprint density at radius 1 is 1.42 bits per heavy atom. The van der Waals surface area contributed by atoms with Crippen LogP contribution in [0.15, 0.2) is 30.3 Å². The number of thiocarbonyl (C=S) groups is 1. The highest BCUT2D eigenvalue weighted by atomic mass is 32.1. The Morgan fingerprint density at radius 2 is 2.11 bits per heavy atom. The maximum Gasteiger partial charge on any atom is 0.0773 e. The zero-order chi connectivity index (χ0) is 14.0. The second-order valence-electron chi connectivity index (χ2n) is 4.98. The van der Waals surface area contributed by atoms with Gasteiger partial charge in [0, 0.05) is 36.3 Å². The lowest BCUT2D eigenvalue weighted by atomic mass is 10.1. The fourth-order valence-corrected chi connectivity index (χ4v) is 2.28. The van der Waals surface area contributed by atoms with E-state index >= 15 is 0 Å². The van der Waals surface area contributed by atoms with Gasteiger partial charge in [-0.3, -0.25) is 4.98 Å². The number of benzene rings is 1. The van der Waals surface area contributed by atoms with E-state index in [1.165, 1.54) is 5.69 Å². The van der Waals surface area contributed by atoms with Gasteiger partial charge >= 0.3 is 0 Å². The fraction of sp³-hybridized carbons (Fsp3) is 0.333. The summed E-state index contributed by atoms with van der Waals surface area (Å²) in [6.07, 6.45) is 0. The van der Waals surface area contributed by atoms with E-state index in [1.54, 1.807) is 0 Å². The zero-order valence-corrected chi connectivity index (χ0v) is 12.4. The van der Waals surface area contributed by atoms with Crippen LogP contribution in [0.3, 0.4) is 0 Å². The van der Waals surface area contributed by atoms with Gasteiger partial charge in [0.2, 0.25) is 0 Å². The normalized spacial score (nSPS) is 12.4. The van der Waals surface area contributed by atoms with Gasteiger partial charge in [-0.05, 0) is 19.1 Å². The summed E-state index contributed by atoms with van der Waals surface area (Å²) in [5, 5.41) is 1.16. The largest absolute Gasteiger partial charge is 0.393 e. The summed E-state index contributed by atoms with van der Waals surface area (Å²) in [7, 11) is 2.07. The molecule has 4 heteroatoms. The number of hydrogen-bond donors (Lipinski definition) is 1. The van der Waals surface area contributed by atoms with Crippen molar-refractivity contribution in [3.05, 3.63) is 36.0 Å². The molecule has 1 unspecified atom stereocenters. The predicted molar refractivity (Wildman–Crippen MR) is 85.7 cm³/mol. The van der Waals surface area contributed by atoms with Crippen LogP contribution in [0.4, 0.5) is 5.69 Å². The molecule has 2 rings (SSSR count). The fourth-order valence-electron chi connectivity index (χ4n) is 2.20. The van der Waals surface area contributed by atoms with Gasteiger partial charge in [0.05, 0.1) is 10.5 Å². The molecular weight excluding hydrogens is 254 g/mol. The molecule has 1 aromatic carbocycles. The summed E-state index contributed by atoms with van der Waals surface area (Å²) in [5.74, 6) is 0.187. The van der Waals surface area contributed by atoms with Crippen molar-refractivity contribution in [3.8, 4) is 0 Å². The molecule has 1 heterocycles. The molecule has 1 atom stereocenters. The van der Waals surface area contributed by atoms with E-state index in [0.29, 0.717) is 4.99 Å². The third kappa shape index (κ3) is 3.01. The molecule has 0 aliphatic heterocycles. The van der Waals surface area contributed by atoms with Crippen LogP contribution in [0.1, 0.15) is 12.6 Å². The number of rotatable bonds is 4. The van der Waals surface area contributed by atoms with Gasteiger partial charge in [-0.1, -0.05) is 37.3 Å². The summed E-state index contributed by atoms with van der Waals surface area (Å²) in [6, 6.07) is 10.3. The summed E-state index contributed by atoms with van der Waals surface area (Å²) in [4.78, 5) is 7.31. The molecule has 0 radical (unpaired) electrons. The van der Waals surface area contributed by atoms with E-state index in [9.17, 15) is 0 Å². The third-order valence-electron chi connectivity index (χ3n) is 3.27. The van der Waals surface area contributed by atoms with Crippen molar-refractivity contribution in [1.29, 1.82) is 0 Å². The summed E-state index contributed by atoms with van der Waals surface area (Å²) in [6.45, 7) is 4.87. The first-order valence-corrected chi connectivity index (χ1v) is 6.76. The predicted octanol–water partition coefficient (Wildman–Crippen LogP) is 2.90. The quantitative estimate of drug-likeness (QED) is 0.870. The Morgan fingerprint density at radius 3 is 2.79 bits per heavy atom. The minimum absolute atomic E-state index is 0.187. The smallest absolute Gasteiger partial charge is 0.0773 e. The van der Waals surface area contributed by atoms with E-state index < -0.39 is 0 Å². The van der Waals surface area contributed by atoms with Crippen molar-refractivity contribution >= 4 is 33.8 Å². The maximum absolute atomic E-state index is 5.70. The van der Waals surface area contributed by atoms with Gasteiger partial charge < -0.3 is 10.6 Å². The molecule has 0 saturated heterocycles. The molecule has 0 aliphatic rings. The Labute approximate surface area is 119 Å². The van der Waals surface area contributed by atoms with E-state index in [-0.39, 0.29) is 5.92 Å². The van der Waals surface area contributed by atoms with Gasteiger partial charge in [-0.15, -0.1) is 0 Å². The lowest BCUT2D eigenvalue weighted by molar-refractivity contribution is 0.744. The zero-order valence-electron chi connectivity index (χ0n) is 11.6. The molecule has 1 aromatic heterocycles. The van der Waals surface area contributed by atoms with Crippen molar-refractivity contribution in [1.82, 2.24) is 4.98 Å². The van der Waals surface area contributed by atoms with Crippen molar-refractivity contribution in [2.24, 2.45) is 11.7 Å². The Balaban J connectivity index is 2.41. The second kappa shape index (κ2) is 5.53. The number of aromatic nitrogens is 1. The number of para-hydroxylation sites is 1. The van der Waals surface area contributed by atoms with Crippen LogP contribution in [-0.2, 0) is 0 Å². The maximum atomic E-state index is 5.70. The number of anilines is 1. The lowest BCUT2D eigenvalue weighted by Gasteiger charge is -2.24. The molecule has 0 spiro atoms. The Kier molecular flexibility index (Phi) is 4.00. The number of pyridine rings is 1. The van der Waals surface area contributed by atoms with Gasteiger partial charge in [0.25, 0.3) is 0 Å². The molecule has 100 valence electrons. The molecule has 2 N–H and O–H groups in total. The summed E-state index contributed by atoms with van der Waals surface area (Å²) >= 11 is 5.05. The molecular formula is C15H19N3S. The van der Waals surface area contributed by atoms with Gasteiger partial charge in [0.15, 0.2) is 0 Å². The van der Waals surface area contributed by atoms with Crippen LogP contribution in [0.5, 0.6) is 0 Å². The molecule has 19 heavy (non-hydrogen) atoms. The van der Waals surface area contributed by atoms with Crippen LogP contribution in [0.25, 0.3) is 10.9 Å². The monoisotopic (exact) mass is 273 g/mol. The first-order valence-electron chi connectivity index (χ1n) is 6.36. The van der Waals surface area contributed by atoms with Crippen molar-refractivity contribution in [2.45, 2.75) is 13.8 Å². The van der Waals surface area contributed by atoms with E-state index in [1.807, 2.05) is 25.1 Å². The first-order chi connectivity index (χ1) is 8.99. The highest BCUT2D eigenvalue weighted by Crippen LogP contribution is 2.26. The van der Waals surface area contributed by atoms with E-state index in [2.05, 4.69) is 36.0 Å². The van der Waals surface area contributed by atoms with Crippen molar-refractivity contribution in [2.75, 3.05) is 18.5 Å². The highest BCUT2D eigenvalue weighted by molar-refractivity contribution is 7.80. The minimum atomic E-state index is 0.187. The SMILES string of the molecule is Cc1cc(N(C)CC(C)C(N)=S)c2ccccc2n1. The molecule has 0 saturated carbocycles. The van der Waals surface area contributed by atoms with Crippen LogP contribution >= 0.6 is 12.2 Å². The van der Waals surface area contributed by atoms with Crippen molar-refractivity contribution in [3.63, 3.8) is 0 Å². The molecule has 0 aliphatic carbocycles. The Bertz CT molecular complexity index is 609. The van der Waals surface area contributed by atoms with E-state index in [0.717, 1.165) is 23.1 Å². The topological polar surface area (TPSA) is 42.1 Å². The first kappa shape index (κ1) is 13.7. The molecule has 2 aromatic rings. The van der Waals surface area contributed by atoms with Crippen LogP contribution in [0, 0.1) is 12.8 Å². The average Bonchev–Trinajstić information content (AvgIpc) is 2.37. The number of fused-ring (bicyclic) bond motifs is 1. The second-order valence-corrected chi connectivity index (χ2v) is 5.46. The number of nitrogens with two attached hydrogens (primary N) is 1. The lowest BCUT2D eigenvalue weighted by Crippen LogP contribution is -2.31. The minimum Gasteiger partial charge on any atom is -0.393 e. The standard InChI is InChI=1S/C15H19N3S/c1-10(15(16)19)9-18(3)14-8-11(2)17-13-7-5-4-6-12(13)14/h4-8,10H,9H2,1-3H3,(H2,16,19). The Hall–Kier alpha value is -1.68. The third-order valence-corrected chi connectivity index (χ3v) is 3.67. The highest BCUT2D eigenvalue weighted by Gasteiger charge is 2.12. The van der Waals surface area contributed by atoms with Crippen LogP contribution in [0.2, 0.25) is 0 Å². The van der Waals surface area contributed by atoms with Gasteiger partial charge in [0.1, 0.15) is 0 Å². The molecule has 0 amide bonds. The van der Waals surface area contributed by atoms with Crippen LogP contribution < -0.4 is 10.6 Å². The summed E-state index contributed by atoms with van der Waals surface area (Å²) < 4.78 is 0. The molecule has 3 nitrogen and oxygen atoms in total. The van der Waals surface area contributed by atoms with Crippen molar-refractivity contribution < 1.29 is 0 Å². The average molecular weight is 273 g/mol. The van der Waals surface area contributed by atoms with Gasteiger partial charge in [-0.2, -0.15) is 0 Å². The van der Waals surface area contributed by atoms with E-state index in [4.69, 9.17) is 18.0 Å². The van der Waals surface area contributed by atoms with Gasteiger partial charge in [-0.25, -0.2) is 0 Å². The number of aryl methyl sites for hydroxylation is 1. The summed E-state index contributed by atoms with van der Waals surface area (Å²) in [5.41, 5.74) is 8.91. The number of nitrogens with zero attached hydrogens (tertiary/aromatic N) is 2. The number of hydrogen-bond acceptors (Lipinski definition) is 3. The van der Waals surface area contributed by atoms with Crippen LogP contribution in [-0.4, -0.2) is 23.6 Å². The molecule has 0 bridgehead atoms.